The molecule has 7 heteroatoms. The van der Waals surface area contributed by atoms with Gasteiger partial charge >= 0.3 is 0 Å². The van der Waals surface area contributed by atoms with Crippen LogP contribution in [0.25, 0.3) is 0 Å². The molecular weight excluding hydrogens is 308 g/mol. The second-order valence-electron chi connectivity index (χ2n) is 7.03. The number of carbonyl (C=O) groups is 1. The van der Waals surface area contributed by atoms with Gasteiger partial charge in [-0.05, 0) is 13.0 Å². The smallest absolute Gasteiger partial charge is 0.224 e. The Hall–Kier alpha value is -1.44. The lowest BCUT2D eigenvalue weighted by atomic mass is 9.87. The molecule has 3 rings (SSSR count). The number of aromatic nitrogens is 2. The van der Waals surface area contributed by atoms with E-state index in [4.69, 9.17) is 9.47 Å². The van der Waals surface area contributed by atoms with Crippen LogP contribution in [0.2, 0.25) is 0 Å². The van der Waals surface area contributed by atoms with E-state index in [0.717, 1.165) is 45.0 Å². The van der Waals surface area contributed by atoms with Crippen LogP contribution in [0.4, 0.5) is 0 Å². The highest BCUT2D eigenvalue weighted by Crippen LogP contribution is 2.34. The summed E-state index contributed by atoms with van der Waals surface area (Å²) < 4.78 is 13.0. The first kappa shape index (κ1) is 17.4. The van der Waals surface area contributed by atoms with Gasteiger partial charge in [0.25, 0.3) is 0 Å². The zero-order valence-corrected chi connectivity index (χ0v) is 14.7. The van der Waals surface area contributed by atoms with Crippen LogP contribution in [0.15, 0.2) is 12.4 Å². The van der Waals surface area contributed by atoms with Crippen molar-refractivity contribution in [2.75, 3.05) is 53.1 Å². The maximum absolute atomic E-state index is 12.4. The summed E-state index contributed by atoms with van der Waals surface area (Å²) in [5.74, 6) is 1.25. The summed E-state index contributed by atoms with van der Waals surface area (Å²) in [5.41, 5.74) is 0.0460. The Labute approximate surface area is 143 Å². The van der Waals surface area contributed by atoms with E-state index < -0.39 is 0 Å². The fourth-order valence-corrected chi connectivity index (χ4v) is 3.71. The van der Waals surface area contributed by atoms with Crippen molar-refractivity contribution in [3.8, 4) is 0 Å². The van der Waals surface area contributed by atoms with E-state index in [0.29, 0.717) is 26.2 Å². The van der Waals surface area contributed by atoms with E-state index in [1.807, 2.05) is 24.3 Å². The molecule has 0 N–H and O–H groups in total. The van der Waals surface area contributed by atoms with Gasteiger partial charge in [0.15, 0.2) is 0 Å². The maximum Gasteiger partial charge on any atom is 0.224 e. The van der Waals surface area contributed by atoms with Gasteiger partial charge < -0.3 is 18.9 Å². The van der Waals surface area contributed by atoms with Crippen LogP contribution >= 0.6 is 0 Å². The molecule has 7 nitrogen and oxygen atoms in total. The van der Waals surface area contributed by atoms with E-state index >= 15 is 0 Å². The van der Waals surface area contributed by atoms with Crippen molar-refractivity contribution in [1.82, 2.24) is 19.4 Å². The highest BCUT2D eigenvalue weighted by Gasteiger charge is 2.42. The molecule has 1 atom stereocenters. The van der Waals surface area contributed by atoms with Gasteiger partial charge in [0.05, 0.1) is 32.8 Å². The highest BCUT2D eigenvalue weighted by molar-refractivity contribution is 5.76. The van der Waals surface area contributed by atoms with Crippen molar-refractivity contribution >= 4 is 5.91 Å². The summed E-state index contributed by atoms with van der Waals surface area (Å²) in [6, 6.07) is 0. The minimum atomic E-state index is 0.0460. The van der Waals surface area contributed by atoms with Crippen LogP contribution in [0, 0.1) is 5.41 Å². The van der Waals surface area contributed by atoms with Crippen molar-refractivity contribution in [2.24, 2.45) is 12.5 Å². The van der Waals surface area contributed by atoms with Crippen molar-refractivity contribution in [3.63, 3.8) is 0 Å². The van der Waals surface area contributed by atoms with Gasteiger partial charge in [0, 0.05) is 51.6 Å². The Bertz CT molecular complexity index is 562. The molecule has 0 aromatic carbocycles. The Balaban J connectivity index is 1.61. The van der Waals surface area contributed by atoms with Crippen LogP contribution < -0.4 is 0 Å². The number of nitrogens with zero attached hydrogens (tertiary/aromatic N) is 4. The first-order valence-corrected chi connectivity index (χ1v) is 8.65. The number of hydrogen-bond donors (Lipinski definition) is 0. The molecule has 2 aliphatic rings. The molecule has 1 spiro atoms. The molecule has 1 aromatic heterocycles. The number of methoxy groups -OCH3 is 1. The lowest BCUT2D eigenvalue weighted by Gasteiger charge is -2.32. The van der Waals surface area contributed by atoms with E-state index in [1.54, 1.807) is 7.11 Å². The average Bonchev–Trinajstić information content (AvgIpc) is 3.08. The summed E-state index contributed by atoms with van der Waals surface area (Å²) in [6.07, 6.45) is 5.33. The molecule has 0 unspecified atom stereocenters. The van der Waals surface area contributed by atoms with Crippen molar-refractivity contribution in [3.05, 3.63) is 18.2 Å². The molecule has 0 bridgehead atoms. The van der Waals surface area contributed by atoms with E-state index in [-0.39, 0.29) is 11.3 Å². The fraction of sp³-hybridized carbons (Fsp3) is 0.765. The molecule has 3 heterocycles. The number of rotatable bonds is 5. The molecule has 2 fully saturated rings. The quantitative estimate of drug-likeness (QED) is 0.784. The third kappa shape index (κ3) is 3.96. The molecular formula is C17H28N4O3. The Kier molecular flexibility index (Phi) is 5.53. The molecule has 0 radical (unpaired) electrons. The van der Waals surface area contributed by atoms with Crippen LogP contribution in [0.5, 0.6) is 0 Å². The van der Waals surface area contributed by atoms with Crippen LogP contribution in [-0.4, -0.2) is 78.4 Å². The molecule has 134 valence electrons. The molecule has 1 amide bonds. The number of likely N-dealkylation sites (tertiary alicyclic amines) is 1. The Morgan fingerprint density at radius 1 is 1.42 bits per heavy atom. The van der Waals surface area contributed by atoms with Gasteiger partial charge in [-0.3, -0.25) is 9.69 Å². The first-order chi connectivity index (χ1) is 11.6. The summed E-state index contributed by atoms with van der Waals surface area (Å²) in [4.78, 5) is 21.2. The van der Waals surface area contributed by atoms with Gasteiger partial charge in [-0.15, -0.1) is 0 Å². The van der Waals surface area contributed by atoms with E-state index in [1.165, 1.54) is 0 Å². The van der Waals surface area contributed by atoms with Crippen LogP contribution in [0.1, 0.15) is 18.7 Å². The Morgan fingerprint density at radius 3 is 3.04 bits per heavy atom. The number of imidazole rings is 1. The highest BCUT2D eigenvalue weighted by atomic mass is 16.5. The monoisotopic (exact) mass is 336 g/mol. The average molecular weight is 336 g/mol. The van der Waals surface area contributed by atoms with Gasteiger partial charge in [-0.1, -0.05) is 0 Å². The number of ether oxygens (including phenoxy) is 2. The largest absolute Gasteiger partial charge is 0.384 e. The summed E-state index contributed by atoms with van der Waals surface area (Å²) in [5, 5.41) is 0. The zero-order valence-electron chi connectivity index (χ0n) is 14.7. The minimum absolute atomic E-state index is 0.0460. The predicted octanol–water partition coefficient (Wildman–Crippen LogP) is 0.508. The van der Waals surface area contributed by atoms with Crippen molar-refractivity contribution < 1.29 is 14.3 Å². The standard InChI is InChI=1S/C17H28N4O3/c1-19-7-5-18-15(19)11-20-6-4-17(12-20)13-21(8-10-24-14-17)16(22)3-9-23-2/h5,7H,3-4,6,8-14H2,1-2H3/t17-/m0/s1. The Morgan fingerprint density at radius 2 is 2.29 bits per heavy atom. The SMILES string of the molecule is COCCC(=O)N1CCOC[C@]2(CCN(Cc3nccn3C)C2)C1. The third-order valence-electron chi connectivity index (χ3n) is 5.12. The summed E-state index contributed by atoms with van der Waals surface area (Å²) in [6.45, 7) is 6.13. The fourth-order valence-electron chi connectivity index (χ4n) is 3.71. The van der Waals surface area contributed by atoms with Gasteiger partial charge in [0.1, 0.15) is 5.82 Å². The summed E-state index contributed by atoms with van der Waals surface area (Å²) >= 11 is 0. The van der Waals surface area contributed by atoms with Gasteiger partial charge in [-0.25, -0.2) is 4.98 Å². The van der Waals surface area contributed by atoms with Gasteiger partial charge in [-0.2, -0.15) is 0 Å². The lowest BCUT2D eigenvalue weighted by Crippen LogP contribution is -2.43. The molecule has 0 saturated carbocycles. The third-order valence-corrected chi connectivity index (χ3v) is 5.12. The topological polar surface area (TPSA) is 59.8 Å². The van der Waals surface area contributed by atoms with Gasteiger partial charge in [0.2, 0.25) is 5.91 Å². The van der Waals surface area contributed by atoms with E-state index in [9.17, 15) is 4.79 Å². The molecule has 0 aliphatic carbocycles. The second-order valence-corrected chi connectivity index (χ2v) is 7.03. The zero-order chi connectivity index (χ0) is 17.0. The molecule has 1 aromatic rings. The molecule has 24 heavy (non-hydrogen) atoms. The van der Waals surface area contributed by atoms with Crippen LogP contribution in [0.3, 0.4) is 0 Å². The maximum atomic E-state index is 12.4. The number of carbonyl (C=O) groups excluding carboxylic acids is 1. The molecule has 2 saturated heterocycles. The first-order valence-electron chi connectivity index (χ1n) is 8.65. The van der Waals surface area contributed by atoms with Crippen molar-refractivity contribution in [2.45, 2.75) is 19.4 Å². The van der Waals surface area contributed by atoms with Crippen LogP contribution in [-0.2, 0) is 27.9 Å². The number of amides is 1. The lowest BCUT2D eigenvalue weighted by molar-refractivity contribution is -0.133. The minimum Gasteiger partial charge on any atom is -0.384 e. The van der Waals surface area contributed by atoms with E-state index in [2.05, 4.69) is 14.5 Å². The molecule has 2 aliphatic heterocycles. The summed E-state index contributed by atoms with van der Waals surface area (Å²) in [7, 11) is 3.66. The normalized spacial score (nSPS) is 25.3. The van der Waals surface area contributed by atoms with Crippen molar-refractivity contribution in [1.29, 1.82) is 0 Å². The number of hydrogen-bond acceptors (Lipinski definition) is 5. The number of aryl methyl sites for hydroxylation is 1. The predicted molar refractivity (Wildman–Crippen MR) is 89.4 cm³/mol. The second kappa shape index (κ2) is 7.63.